The van der Waals surface area contributed by atoms with Gasteiger partial charge in [0.15, 0.2) is 0 Å². The van der Waals surface area contributed by atoms with Crippen LogP contribution in [0.25, 0.3) is 0 Å². The van der Waals surface area contributed by atoms with Crippen LogP contribution in [0.3, 0.4) is 0 Å². The first kappa shape index (κ1) is 24.0. The van der Waals surface area contributed by atoms with Crippen LogP contribution in [0.15, 0.2) is 0 Å². The molecule has 1 atom stereocenters. The minimum atomic E-state index is -2.07. The lowest BCUT2D eigenvalue weighted by molar-refractivity contribution is -0.135. The molecule has 0 aromatic rings. The zero-order chi connectivity index (χ0) is 19.0. The molecule has 24 heavy (non-hydrogen) atoms. The van der Waals surface area contributed by atoms with E-state index >= 15 is 0 Å². The van der Waals surface area contributed by atoms with Gasteiger partial charge in [-0.15, -0.1) is 0 Å². The molecule has 0 amide bonds. The summed E-state index contributed by atoms with van der Waals surface area (Å²) in [6.07, 6.45) is 2.00. The average molecular weight is 394 g/mol. The van der Waals surface area contributed by atoms with Crippen LogP contribution >= 0.6 is 0 Å². The quantitative estimate of drug-likeness (QED) is 0.468. The maximum Gasteiger partial charge on any atom is 0.334 e. The van der Waals surface area contributed by atoms with Crippen molar-refractivity contribution in [1.82, 2.24) is 4.57 Å². The summed E-state index contributed by atoms with van der Waals surface area (Å²) in [5.74, 6) is -0.0782. The fourth-order valence-corrected chi connectivity index (χ4v) is 6.41. The second kappa shape index (κ2) is 10.2. The van der Waals surface area contributed by atoms with Crippen molar-refractivity contribution in [3.63, 3.8) is 0 Å². The Labute approximate surface area is 152 Å². The highest BCUT2D eigenvalue weighted by molar-refractivity contribution is 6.73. The van der Waals surface area contributed by atoms with Gasteiger partial charge < -0.3 is 17.8 Å². The van der Waals surface area contributed by atoms with E-state index in [-0.39, 0.29) is 5.97 Å². The van der Waals surface area contributed by atoms with Gasteiger partial charge in [-0.3, -0.25) is 4.79 Å². The molecular weight excluding hydrogens is 354 g/mol. The number of nitrogens with zero attached hydrogens (tertiary/aromatic N) is 1. The molecule has 0 radical (unpaired) electrons. The van der Waals surface area contributed by atoms with Crippen molar-refractivity contribution >= 4 is 31.1 Å². The molecule has 0 aliphatic rings. The molecular formula is C16H39NO4Si3. The lowest BCUT2D eigenvalue weighted by Crippen LogP contribution is -2.50. The van der Waals surface area contributed by atoms with Gasteiger partial charge in [0, 0.05) is 13.7 Å². The molecule has 1 unspecified atom stereocenters. The van der Waals surface area contributed by atoms with Crippen molar-refractivity contribution in [2.45, 2.75) is 71.6 Å². The summed E-state index contributed by atoms with van der Waals surface area (Å²) >= 11 is 0. The van der Waals surface area contributed by atoms with Gasteiger partial charge in [0.1, 0.15) is 8.24 Å². The highest BCUT2D eigenvalue weighted by Crippen LogP contribution is 2.18. The van der Waals surface area contributed by atoms with E-state index in [2.05, 4.69) is 37.7 Å². The lowest BCUT2D eigenvalue weighted by atomic mass is 10.4. The van der Waals surface area contributed by atoms with Crippen LogP contribution in [0.5, 0.6) is 0 Å². The molecule has 0 heterocycles. The molecule has 0 saturated carbocycles. The van der Waals surface area contributed by atoms with E-state index in [1.165, 1.54) is 0 Å². The van der Waals surface area contributed by atoms with Crippen molar-refractivity contribution in [3.8, 4) is 0 Å². The summed E-state index contributed by atoms with van der Waals surface area (Å²) in [6, 6.07) is 0.952. The average Bonchev–Trinajstić information content (AvgIpc) is 2.41. The van der Waals surface area contributed by atoms with E-state index in [4.69, 9.17) is 13.3 Å². The molecule has 0 aliphatic carbocycles. The number of rotatable bonds is 12. The third-order valence-corrected chi connectivity index (χ3v) is 9.85. The minimum Gasteiger partial charge on any atom is -0.519 e. The monoisotopic (exact) mass is 393 g/mol. The standard InChI is InChI=1S/C16H39NO4Si3/c1-10-13-20-24(9,19-2)14-11-12-17(22(3,4)5)15-16(18)21-23(6,7)8/h10-15H2,1-9H3. The first-order valence-electron chi connectivity index (χ1n) is 8.99. The molecule has 0 saturated heterocycles. The lowest BCUT2D eigenvalue weighted by Gasteiger charge is -2.35. The predicted octanol–water partition coefficient (Wildman–Crippen LogP) is 4.04. The van der Waals surface area contributed by atoms with Crippen LogP contribution in [0.2, 0.25) is 51.9 Å². The maximum atomic E-state index is 12.2. The highest BCUT2D eigenvalue weighted by Gasteiger charge is 2.32. The third-order valence-electron chi connectivity index (χ3n) is 3.79. The molecule has 0 aromatic heterocycles. The van der Waals surface area contributed by atoms with Crippen molar-refractivity contribution < 1.29 is 18.1 Å². The van der Waals surface area contributed by atoms with Crippen LogP contribution in [0.1, 0.15) is 19.8 Å². The van der Waals surface area contributed by atoms with Gasteiger partial charge >= 0.3 is 14.5 Å². The van der Waals surface area contributed by atoms with Crippen molar-refractivity contribution in [2.75, 3.05) is 26.8 Å². The molecule has 0 bridgehead atoms. The molecule has 0 aliphatic heterocycles. The van der Waals surface area contributed by atoms with Crippen molar-refractivity contribution in [2.24, 2.45) is 0 Å². The van der Waals surface area contributed by atoms with Crippen LogP contribution in [0, 0.1) is 0 Å². The Balaban J connectivity index is 4.62. The summed E-state index contributed by atoms with van der Waals surface area (Å²) in [6.45, 7) is 19.3. The smallest absolute Gasteiger partial charge is 0.334 e. The molecule has 0 rings (SSSR count). The van der Waals surface area contributed by atoms with Crippen LogP contribution in [-0.4, -0.2) is 62.5 Å². The first-order valence-corrected chi connectivity index (χ1v) is 18.4. The van der Waals surface area contributed by atoms with E-state index in [9.17, 15) is 4.79 Å². The fourth-order valence-electron chi connectivity index (χ4n) is 2.32. The Morgan fingerprint density at radius 1 is 1.04 bits per heavy atom. The van der Waals surface area contributed by atoms with Gasteiger partial charge in [0.25, 0.3) is 0 Å². The van der Waals surface area contributed by atoms with E-state index in [1.54, 1.807) is 7.11 Å². The van der Waals surface area contributed by atoms with E-state index < -0.39 is 25.1 Å². The molecule has 5 nitrogen and oxygen atoms in total. The molecule has 0 N–H and O–H groups in total. The summed E-state index contributed by atoms with van der Waals surface area (Å²) < 4.78 is 19.6. The predicted molar refractivity (Wildman–Crippen MR) is 109 cm³/mol. The van der Waals surface area contributed by atoms with Gasteiger partial charge in [-0.05, 0) is 51.6 Å². The zero-order valence-electron chi connectivity index (χ0n) is 17.3. The van der Waals surface area contributed by atoms with Gasteiger partial charge in [-0.2, -0.15) is 0 Å². The van der Waals surface area contributed by atoms with E-state index in [1.807, 2.05) is 19.6 Å². The van der Waals surface area contributed by atoms with Crippen molar-refractivity contribution in [3.05, 3.63) is 0 Å². The largest absolute Gasteiger partial charge is 0.519 e. The normalized spacial score (nSPS) is 15.4. The van der Waals surface area contributed by atoms with E-state index in [0.29, 0.717) is 6.54 Å². The van der Waals surface area contributed by atoms with Crippen molar-refractivity contribution in [1.29, 1.82) is 0 Å². The summed E-state index contributed by atoms with van der Waals surface area (Å²) in [4.78, 5) is 12.2. The van der Waals surface area contributed by atoms with E-state index in [0.717, 1.165) is 32.0 Å². The Hall–Kier alpha value is 0.000649. The fraction of sp³-hybridized carbons (Fsp3) is 0.938. The molecule has 0 aromatic carbocycles. The van der Waals surface area contributed by atoms with Gasteiger partial charge in [-0.25, -0.2) is 0 Å². The number of carbonyl (C=O) groups is 1. The molecule has 8 heteroatoms. The summed E-state index contributed by atoms with van der Waals surface area (Å²) in [5.41, 5.74) is 0. The zero-order valence-corrected chi connectivity index (χ0v) is 20.3. The molecule has 144 valence electrons. The topological polar surface area (TPSA) is 48.0 Å². The van der Waals surface area contributed by atoms with Gasteiger partial charge in [0.2, 0.25) is 8.32 Å². The summed E-state index contributed by atoms with van der Waals surface area (Å²) in [5, 5.41) is 0. The molecule has 0 spiro atoms. The highest BCUT2D eigenvalue weighted by atomic mass is 28.4. The van der Waals surface area contributed by atoms with Crippen LogP contribution < -0.4 is 0 Å². The Kier molecular flexibility index (Phi) is 10.2. The van der Waals surface area contributed by atoms with Crippen LogP contribution in [0.4, 0.5) is 0 Å². The second-order valence-electron chi connectivity index (χ2n) is 8.47. The Morgan fingerprint density at radius 2 is 1.62 bits per heavy atom. The number of hydrogen-bond donors (Lipinski definition) is 0. The van der Waals surface area contributed by atoms with Gasteiger partial charge in [0.05, 0.1) is 6.54 Å². The number of carbonyl (C=O) groups excluding carboxylic acids is 1. The maximum absolute atomic E-state index is 12.2. The summed E-state index contributed by atoms with van der Waals surface area (Å²) in [7, 11) is -3.71. The third kappa shape index (κ3) is 10.8. The van der Waals surface area contributed by atoms with Gasteiger partial charge in [-0.1, -0.05) is 26.6 Å². The Bertz CT molecular complexity index is 382. The SMILES string of the molecule is CCCO[Si](C)(CCCN(CC(=O)O[Si](C)(C)C)[Si](C)(C)C)OC. The molecule has 0 fully saturated rings. The van der Waals surface area contributed by atoms with Crippen LogP contribution in [-0.2, 0) is 18.1 Å². The first-order chi connectivity index (χ1) is 10.8. The number of hydrogen-bond acceptors (Lipinski definition) is 5. The second-order valence-corrected chi connectivity index (χ2v) is 21.3. The Morgan fingerprint density at radius 3 is 2.04 bits per heavy atom. The minimum absolute atomic E-state index is 0.0782.